The van der Waals surface area contributed by atoms with Crippen molar-refractivity contribution >= 4 is 23.7 Å². The van der Waals surface area contributed by atoms with Gasteiger partial charge in [-0.15, -0.1) is 0 Å². The summed E-state index contributed by atoms with van der Waals surface area (Å²) in [5.74, 6) is -1.38. The Balaban J connectivity index is 1.57. The molecule has 2 fully saturated rings. The summed E-state index contributed by atoms with van der Waals surface area (Å²) >= 11 is 0. The van der Waals surface area contributed by atoms with E-state index in [4.69, 9.17) is 4.74 Å². The van der Waals surface area contributed by atoms with Crippen LogP contribution in [0.25, 0.3) is 0 Å². The Morgan fingerprint density at radius 2 is 1.96 bits per heavy atom. The number of nitrogens with one attached hydrogen (secondary N) is 1. The average molecular weight is 389 g/mol. The topological polar surface area (TPSA) is 97.7 Å². The molecule has 28 heavy (non-hydrogen) atoms. The van der Waals surface area contributed by atoms with Crippen molar-refractivity contribution in [3.63, 3.8) is 0 Å². The molecule has 8 heteroatoms. The molecule has 3 amide bonds. The van der Waals surface area contributed by atoms with Gasteiger partial charge in [-0.05, 0) is 52.0 Å². The minimum Gasteiger partial charge on any atom is -0.456 e. The SMILES string of the molecule is CCCn1c(C)cc(C(=O)COC(=O)CN2C(=O)N[C@@](C)(C3CC3)C2=O)c1C. The van der Waals surface area contributed by atoms with Crippen LogP contribution < -0.4 is 5.32 Å². The quantitative estimate of drug-likeness (QED) is 0.416. The number of esters is 1. The highest BCUT2D eigenvalue weighted by molar-refractivity contribution is 6.09. The van der Waals surface area contributed by atoms with Crippen molar-refractivity contribution < 1.29 is 23.9 Å². The lowest BCUT2D eigenvalue weighted by molar-refractivity contribution is -0.146. The minimum atomic E-state index is -0.940. The molecule has 0 bridgehead atoms. The molecule has 0 aromatic carbocycles. The zero-order valence-electron chi connectivity index (χ0n) is 16.8. The summed E-state index contributed by atoms with van der Waals surface area (Å²) in [5, 5.41) is 2.68. The number of urea groups is 1. The maximum Gasteiger partial charge on any atom is 0.326 e. The second-order valence-corrected chi connectivity index (χ2v) is 7.82. The molecule has 1 aliphatic carbocycles. The molecule has 2 heterocycles. The van der Waals surface area contributed by atoms with Crippen LogP contribution in [0.4, 0.5) is 4.79 Å². The number of nitrogens with zero attached hydrogens (tertiary/aromatic N) is 2. The Bertz CT molecular complexity index is 839. The van der Waals surface area contributed by atoms with E-state index in [1.54, 1.807) is 13.0 Å². The van der Waals surface area contributed by atoms with Gasteiger partial charge < -0.3 is 14.6 Å². The van der Waals surface area contributed by atoms with Crippen LogP contribution in [0, 0.1) is 19.8 Å². The standard InChI is InChI=1S/C20H27N3O5/c1-5-8-22-12(2)9-15(13(22)3)16(24)11-28-17(25)10-23-18(26)20(4,14-6-7-14)21-19(23)27/h9,14H,5-8,10-11H2,1-4H3,(H,21,27)/t20-/m0/s1. The molecule has 1 saturated carbocycles. The molecule has 1 saturated heterocycles. The van der Waals surface area contributed by atoms with Gasteiger partial charge in [-0.1, -0.05) is 6.92 Å². The third-order valence-corrected chi connectivity index (χ3v) is 5.67. The maximum absolute atomic E-state index is 12.5. The first-order valence-corrected chi connectivity index (χ1v) is 9.68. The largest absolute Gasteiger partial charge is 0.456 e. The summed E-state index contributed by atoms with van der Waals surface area (Å²) in [4.78, 5) is 50.1. The Morgan fingerprint density at radius 1 is 1.29 bits per heavy atom. The van der Waals surface area contributed by atoms with Gasteiger partial charge in [0.15, 0.2) is 6.61 Å². The molecule has 1 N–H and O–H groups in total. The summed E-state index contributed by atoms with van der Waals surface area (Å²) in [6, 6.07) is 1.20. The van der Waals surface area contributed by atoms with Crippen molar-refractivity contribution in [2.45, 2.75) is 59.0 Å². The Morgan fingerprint density at radius 3 is 2.57 bits per heavy atom. The molecule has 3 rings (SSSR count). The number of rotatable bonds is 8. The van der Waals surface area contributed by atoms with Crippen LogP contribution >= 0.6 is 0 Å². The van der Waals surface area contributed by atoms with Crippen LogP contribution in [0.1, 0.15) is 54.9 Å². The second-order valence-electron chi connectivity index (χ2n) is 7.82. The number of hydrogen-bond acceptors (Lipinski definition) is 5. The van der Waals surface area contributed by atoms with Gasteiger partial charge in [0.05, 0.1) is 0 Å². The number of aromatic nitrogens is 1. The number of carbonyl (C=O) groups excluding carboxylic acids is 4. The van der Waals surface area contributed by atoms with Crippen LogP contribution in [0.15, 0.2) is 6.07 Å². The van der Waals surface area contributed by atoms with Crippen molar-refractivity contribution in [1.29, 1.82) is 0 Å². The predicted octanol–water partition coefficient (Wildman–Crippen LogP) is 1.96. The molecule has 152 valence electrons. The molecular formula is C20H27N3O5. The normalized spacial score (nSPS) is 21.8. The van der Waals surface area contributed by atoms with E-state index < -0.39 is 36.6 Å². The first kappa shape index (κ1) is 20.1. The van der Waals surface area contributed by atoms with Crippen molar-refractivity contribution in [2.24, 2.45) is 5.92 Å². The minimum absolute atomic E-state index is 0.116. The monoisotopic (exact) mass is 389 g/mol. The summed E-state index contributed by atoms with van der Waals surface area (Å²) in [7, 11) is 0. The van der Waals surface area contributed by atoms with Crippen molar-refractivity contribution in [1.82, 2.24) is 14.8 Å². The Kier molecular flexibility index (Phi) is 5.32. The molecule has 1 aromatic rings. The number of ketones is 1. The first-order chi connectivity index (χ1) is 13.2. The van der Waals surface area contributed by atoms with Gasteiger partial charge >= 0.3 is 12.0 Å². The predicted molar refractivity (Wildman–Crippen MR) is 101 cm³/mol. The summed E-state index contributed by atoms with van der Waals surface area (Å²) in [6.07, 6.45) is 2.71. The Hall–Kier alpha value is -2.64. The highest BCUT2D eigenvalue weighted by Crippen LogP contribution is 2.42. The van der Waals surface area contributed by atoms with Gasteiger partial charge in [-0.2, -0.15) is 0 Å². The molecule has 8 nitrogen and oxygen atoms in total. The lowest BCUT2D eigenvalue weighted by atomic mass is 9.96. The summed E-state index contributed by atoms with van der Waals surface area (Å²) in [5.41, 5.74) is 1.40. The van der Waals surface area contributed by atoms with Gasteiger partial charge in [0, 0.05) is 23.5 Å². The third-order valence-electron chi connectivity index (χ3n) is 5.67. The van der Waals surface area contributed by atoms with Gasteiger partial charge in [-0.25, -0.2) is 4.79 Å². The van der Waals surface area contributed by atoms with Crippen LogP contribution in [0.3, 0.4) is 0 Å². The average Bonchev–Trinajstić information content (AvgIpc) is 3.43. The molecule has 0 spiro atoms. The molecule has 1 aliphatic heterocycles. The number of carbonyl (C=O) groups is 4. The van der Waals surface area contributed by atoms with Crippen LogP contribution in [0.2, 0.25) is 0 Å². The van der Waals surface area contributed by atoms with Gasteiger partial charge in [0.25, 0.3) is 5.91 Å². The molecule has 2 aliphatic rings. The van der Waals surface area contributed by atoms with E-state index in [0.717, 1.165) is 42.1 Å². The van der Waals surface area contributed by atoms with Crippen molar-refractivity contribution in [3.05, 3.63) is 23.0 Å². The number of amides is 3. The van der Waals surface area contributed by atoms with Crippen LogP contribution in [-0.4, -0.2) is 51.8 Å². The maximum atomic E-state index is 12.5. The van der Waals surface area contributed by atoms with Gasteiger partial charge in [0.1, 0.15) is 12.1 Å². The molecule has 0 unspecified atom stereocenters. The zero-order chi connectivity index (χ0) is 20.6. The first-order valence-electron chi connectivity index (χ1n) is 9.68. The zero-order valence-corrected chi connectivity index (χ0v) is 16.8. The van der Waals surface area contributed by atoms with Crippen LogP contribution in [-0.2, 0) is 20.9 Å². The highest BCUT2D eigenvalue weighted by Gasteiger charge is 2.56. The summed E-state index contributed by atoms with van der Waals surface area (Å²) in [6.45, 7) is 7.45. The van der Waals surface area contributed by atoms with E-state index in [0.29, 0.717) is 5.56 Å². The fraction of sp³-hybridized carbons (Fsp3) is 0.600. The molecule has 1 aromatic heterocycles. The second kappa shape index (κ2) is 7.41. The fourth-order valence-corrected chi connectivity index (χ4v) is 3.85. The smallest absolute Gasteiger partial charge is 0.326 e. The number of ether oxygens (including phenoxy) is 1. The number of hydrogen-bond donors (Lipinski definition) is 1. The van der Waals surface area contributed by atoms with Gasteiger partial charge in [-0.3, -0.25) is 19.3 Å². The number of aryl methyl sites for hydroxylation is 1. The lowest BCUT2D eigenvalue weighted by Crippen LogP contribution is -2.46. The van der Waals surface area contributed by atoms with Gasteiger partial charge in [0.2, 0.25) is 5.78 Å². The summed E-state index contributed by atoms with van der Waals surface area (Å²) < 4.78 is 7.11. The van der Waals surface area contributed by atoms with E-state index in [1.807, 2.05) is 13.8 Å². The van der Waals surface area contributed by atoms with E-state index in [-0.39, 0.29) is 11.7 Å². The molecule has 1 atom stereocenters. The van der Waals surface area contributed by atoms with E-state index in [9.17, 15) is 19.2 Å². The van der Waals surface area contributed by atoms with E-state index >= 15 is 0 Å². The van der Waals surface area contributed by atoms with E-state index in [2.05, 4.69) is 16.8 Å². The third kappa shape index (κ3) is 3.55. The number of imide groups is 1. The Labute approximate surface area is 164 Å². The number of Topliss-reactive ketones (excluding diaryl/α,β-unsaturated/α-hetero) is 1. The highest BCUT2D eigenvalue weighted by atomic mass is 16.5. The molecular weight excluding hydrogens is 362 g/mol. The van der Waals surface area contributed by atoms with Crippen molar-refractivity contribution in [3.8, 4) is 0 Å². The fourth-order valence-electron chi connectivity index (χ4n) is 3.85. The van der Waals surface area contributed by atoms with E-state index in [1.165, 1.54) is 0 Å². The lowest BCUT2D eigenvalue weighted by Gasteiger charge is -2.20. The molecule has 0 radical (unpaired) electrons. The van der Waals surface area contributed by atoms with Crippen LogP contribution in [0.5, 0.6) is 0 Å². The van der Waals surface area contributed by atoms with Crippen molar-refractivity contribution in [2.75, 3.05) is 13.2 Å².